The number of esters is 4. The molecular formula is C33H45N3O12. The SMILES string of the molecule is COC(=O)CN(CC(=O)OC)c1ccccc1OCCOc1cc(OCCCCCCN)c(C=O)cc1N(CC(=O)OC)CC(=O)OC. The van der Waals surface area contributed by atoms with Crippen LogP contribution in [0.5, 0.6) is 17.2 Å². The van der Waals surface area contributed by atoms with Gasteiger partial charge in [-0.25, -0.2) is 0 Å². The van der Waals surface area contributed by atoms with Crippen molar-refractivity contribution in [2.24, 2.45) is 5.73 Å². The summed E-state index contributed by atoms with van der Waals surface area (Å²) in [6, 6.07) is 9.76. The second-order valence-electron chi connectivity index (χ2n) is 10.2. The molecule has 264 valence electrons. The summed E-state index contributed by atoms with van der Waals surface area (Å²) in [5, 5.41) is 0. The Morgan fingerprint density at radius 1 is 0.604 bits per heavy atom. The van der Waals surface area contributed by atoms with Gasteiger partial charge < -0.3 is 48.7 Å². The largest absolute Gasteiger partial charge is 0.493 e. The zero-order valence-corrected chi connectivity index (χ0v) is 27.9. The summed E-state index contributed by atoms with van der Waals surface area (Å²) >= 11 is 0. The van der Waals surface area contributed by atoms with E-state index in [2.05, 4.69) is 0 Å². The molecule has 0 aromatic heterocycles. The predicted octanol–water partition coefficient (Wildman–Crippen LogP) is 2.16. The molecule has 2 aromatic rings. The maximum absolute atomic E-state index is 12.3. The normalized spacial score (nSPS) is 10.4. The number of unbranched alkanes of at least 4 members (excludes halogenated alkanes) is 3. The highest BCUT2D eigenvalue weighted by atomic mass is 16.5. The van der Waals surface area contributed by atoms with E-state index in [-0.39, 0.29) is 62.1 Å². The molecule has 0 radical (unpaired) electrons. The van der Waals surface area contributed by atoms with Crippen molar-refractivity contribution >= 4 is 41.5 Å². The lowest BCUT2D eigenvalue weighted by Gasteiger charge is -2.26. The van der Waals surface area contributed by atoms with E-state index >= 15 is 0 Å². The van der Waals surface area contributed by atoms with Gasteiger partial charge in [-0.05, 0) is 37.6 Å². The Morgan fingerprint density at radius 2 is 1.08 bits per heavy atom. The number of ether oxygens (including phenoxy) is 7. The Morgan fingerprint density at radius 3 is 1.60 bits per heavy atom. The highest BCUT2D eigenvalue weighted by Gasteiger charge is 2.23. The molecule has 0 fully saturated rings. The number of para-hydroxylation sites is 2. The topological polar surface area (TPSA) is 182 Å². The van der Waals surface area contributed by atoms with Crippen molar-refractivity contribution in [1.29, 1.82) is 0 Å². The van der Waals surface area contributed by atoms with Crippen LogP contribution in [0.25, 0.3) is 0 Å². The van der Waals surface area contributed by atoms with Crippen molar-refractivity contribution in [1.82, 2.24) is 0 Å². The third-order valence-electron chi connectivity index (χ3n) is 6.91. The van der Waals surface area contributed by atoms with Gasteiger partial charge in [-0.2, -0.15) is 0 Å². The standard InChI is InChI=1S/C33H45N3O12/c1-42-30(38)19-35(20-31(39)43-2)25-11-7-8-12-27(25)47-15-16-48-29-18-28(46-14-10-6-5-9-13-34)24(23-37)17-26(29)36(21-32(40)44-3)22-33(41)45-4/h7-8,11-12,17-18,23H,5-6,9-10,13-16,19-22,34H2,1-4H3. The maximum atomic E-state index is 12.3. The summed E-state index contributed by atoms with van der Waals surface area (Å²) in [7, 11) is 4.91. The van der Waals surface area contributed by atoms with Crippen LogP contribution in [0.3, 0.4) is 0 Å². The van der Waals surface area contributed by atoms with Gasteiger partial charge in [0.1, 0.15) is 56.6 Å². The zero-order valence-electron chi connectivity index (χ0n) is 27.9. The van der Waals surface area contributed by atoms with Crippen molar-refractivity contribution < 1.29 is 57.1 Å². The van der Waals surface area contributed by atoms with E-state index in [1.807, 2.05) is 0 Å². The number of nitrogens with two attached hydrogens (primary N) is 1. The Labute approximate surface area is 280 Å². The molecule has 2 rings (SSSR count). The average Bonchev–Trinajstić information content (AvgIpc) is 3.10. The molecule has 2 N–H and O–H groups in total. The lowest BCUT2D eigenvalue weighted by atomic mass is 10.1. The third kappa shape index (κ3) is 13.0. The number of methoxy groups -OCH3 is 4. The maximum Gasteiger partial charge on any atom is 0.325 e. The van der Waals surface area contributed by atoms with Gasteiger partial charge in [-0.15, -0.1) is 0 Å². The van der Waals surface area contributed by atoms with Crippen LogP contribution >= 0.6 is 0 Å². The molecule has 0 atom stereocenters. The Kier molecular flexibility index (Phi) is 17.7. The number of anilines is 2. The molecule has 0 heterocycles. The minimum atomic E-state index is -0.640. The van der Waals surface area contributed by atoms with Crippen molar-refractivity contribution in [2.75, 3.05) is 90.8 Å². The third-order valence-corrected chi connectivity index (χ3v) is 6.91. The molecule has 0 spiro atoms. The monoisotopic (exact) mass is 675 g/mol. The molecule has 0 amide bonds. The fraction of sp³-hybridized carbons (Fsp3) is 0.485. The van der Waals surface area contributed by atoms with Crippen molar-refractivity contribution in [2.45, 2.75) is 25.7 Å². The van der Waals surface area contributed by atoms with Gasteiger partial charge in [0.15, 0.2) is 6.29 Å². The first-order valence-electron chi connectivity index (χ1n) is 15.3. The van der Waals surface area contributed by atoms with Crippen LogP contribution in [0.15, 0.2) is 36.4 Å². The zero-order chi connectivity index (χ0) is 35.3. The molecule has 15 nitrogen and oxygen atoms in total. The first kappa shape index (κ1) is 39.1. The number of hydrogen-bond acceptors (Lipinski definition) is 15. The summed E-state index contributed by atoms with van der Waals surface area (Å²) in [5.74, 6) is -1.62. The van der Waals surface area contributed by atoms with E-state index in [0.717, 1.165) is 25.7 Å². The summed E-state index contributed by atoms with van der Waals surface area (Å²) in [4.78, 5) is 63.6. The Balaban J connectivity index is 2.36. The number of nitrogens with zero attached hydrogens (tertiary/aromatic N) is 2. The second-order valence-corrected chi connectivity index (χ2v) is 10.2. The summed E-state index contributed by atoms with van der Waals surface area (Å²) in [6.45, 7) is -0.266. The van der Waals surface area contributed by atoms with Crippen LogP contribution in [0.1, 0.15) is 36.0 Å². The highest BCUT2D eigenvalue weighted by molar-refractivity contribution is 5.87. The number of carbonyl (C=O) groups excluding carboxylic acids is 5. The van der Waals surface area contributed by atoms with E-state index in [1.54, 1.807) is 24.3 Å². The van der Waals surface area contributed by atoms with E-state index < -0.39 is 23.9 Å². The van der Waals surface area contributed by atoms with Crippen molar-refractivity contribution in [3.63, 3.8) is 0 Å². The predicted molar refractivity (Wildman–Crippen MR) is 175 cm³/mol. The molecule has 0 saturated carbocycles. The number of benzene rings is 2. The van der Waals surface area contributed by atoms with Gasteiger partial charge in [-0.3, -0.25) is 24.0 Å². The van der Waals surface area contributed by atoms with Crippen LogP contribution in [-0.4, -0.2) is 111 Å². The second kappa shape index (κ2) is 21.7. The first-order valence-corrected chi connectivity index (χ1v) is 15.3. The summed E-state index contributed by atoms with van der Waals surface area (Å²) in [5.41, 5.74) is 6.42. The highest BCUT2D eigenvalue weighted by Crippen LogP contribution is 2.36. The Bertz CT molecular complexity index is 1320. The molecule has 15 heteroatoms. The molecule has 0 aliphatic heterocycles. The van der Waals surface area contributed by atoms with Crippen LogP contribution < -0.4 is 29.7 Å². The van der Waals surface area contributed by atoms with Gasteiger partial charge in [0.05, 0.1) is 52.0 Å². The van der Waals surface area contributed by atoms with Crippen molar-refractivity contribution in [3.8, 4) is 17.2 Å². The first-order chi connectivity index (χ1) is 23.2. The van der Waals surface area contributed by atoms with E-state index in [9.17, 15) is 24.0 Å². The fourth-order valence-corrected chi connectivity index (χ4v) is 4.41. The minimum Gasteiger partial charge on any atom is -0.493 e. The molecule has 2 aromatic carbocycles. The van der Waals surface area contributed by atoms with Gasteiger partial charge in [0.2, 0.25) is 0 Å². The molecule has 0 bridgehead atoms. The smallest absolute Gasteiger partial charge is 0.325 e. The van der Waals surface area contributed by atoms with E-state index in [4.69, 9.17) is 38.9 Å². The molecule has 0 unspecified atom stereocenters. The van der Waals surface area contributed by atoms with Gasteiger partial charge >= 0.3 is 23.9 Å². The molecule has 48 heavy (non-hydrogen) atoms. The lowest BCUT2D eigenvalue weighted by molar-refractivity contribution is -0.141. The number of aldehydes is 1. The number of carbonyl (C=O) groups is 5. The lowest BCUT2D eigenvalue weighted by Crippen LogP contribution is -2.36. The van der Waals surface area contributed by atoms with Gasteiger partial charge in [-0.1, -0.05) is 25.0 Å². The fourth-order valence-electron chi connectivity index (χ4n) is 4.41. The number of rotatable bonds is 23. The molecule has 0 aliphatic carbocycles. The molecule has 0 saturated heterocycles. The van der Waals surface area contributed by atoms with Crippen LogP contribution in [-0.2, 0) is 38.1 Å². The van der Waals surface area contributed by atoms with Gasteiger partial charge in [0, 0.05) is 6.07 Å². The quantitative estimate of drug-likeness (QED) is 0.0782. The van der Waals surface area contributed by atoms with Crippen molar-refractivity contribution in [3.05, 3.63) is 42.0 Å². The van der Waals surface area contributed by atoms with Crippen LogP contribution in [0.4, 0.5) is 11.4 Å². The minimum absolute atomic E-state index is 0.0124. The van der Waals surface area contributed by atoms with Crippen LogP contribution in [0.2, 0.25) is 0 Å². The van der Waals surface area contributed by atoms with E-state index in [0.29, 0.717) is 30.9 Å². The summed E-state index contributed by atoms with van der Waals surface area (Å²) < 4.78 is 37.2. The molecular weight excluding hydrogens is 630 g/mol. The molecule has 0 aliphatic rings. The average molecular weight is 676 g/mol. The van der Waals surface area contributed by atoms with Crippen LogP contribution in [0, 0.1) is 0 Å². The van der Waals surface area contributed by atoms with Gasteiger partial charge in [0.25, 0.3) is 0 Å². The van der Waals surface area contributed by atoms with E-state index in [1.165, 1.54) is 50.4 Å². The summed E-state index contributed by atoms with van der Waals surface area (Å²) in [6.07, 6.45) is 4.11. The number of hydrogen-bond donors (Lipinski definition) is 1. The Hall–Kier alpha value is -5.05.